The molecular formula is C16H23N5. The molecular weight excluding hydrogens is 262 g/mol. The Morgan fingerprint density at radius 1 is 1.14 bits per heavy atom. The molecule has 112 valence electrons. The highest BCUT2D eigenvalue weighted by atomic mass is 15.1. The zero-order valence-electron chi connectivity index (χ0n) is 13.1. The minimum atomic E-state index is 0.139. The Labute approximate surface area is 126 Å². The average molecular weight is 285 g/mol. The average Bonchev–Trinajstić information content (AvgIpc) is 2.48. The van der Waals surface area contributed by atoms with E-state index in [2.05, 4.69) is 59.3 Å². The maximum Gasteiger partial charge on any atom is 0.135 e. The Morgan fingerprint density at radius 3 is 2.52 bits per heavy atom. The second kappa shape index (κ2) is 7.02. The molecule has 2 N–H and O–H groups in total. The van der Waals surface area contributed by atoms with Crippen LogP contribution in [0.2, 0.25) is 0 Å². The summed E-state index contributed by atoms with van der Waals surface area (Å²) in [6, 6.07) is 4.15. The summed E-state index contributed by atoms with van der Waals surface area (Å²) in [4.78, 5) is 12.9. The van der Waals surface area contributed by atoms with Crippen molar-refractivity contribution in [3.8, 4) is 0 Å². The molecule has 1 unspecified atom stereocenters. The van der Waals surface area contributed by atoms with Gasteiger partial charge in [-0.1, -0.05) is 19.9 Å². The van der Waals surface area contributed by atoms with E-state index in [1.165, 1.54) is 0 Å². The quantitative estimate of drug-likeness (QED) is 0.849. The lowest BCUT2D eigenvalue weighted by atomic mass is 10.0. The summed E-state index contributed by atoms with van der Waals surface area (Å²) >= 11 is 0. The molecule has 0 bridgehead atoms. The molecule has 0 aliphatic carbocycles. The van der Waals surface area contributed by atoms with Crippen LogP contribution < -0.4 is 10.6 Å². The maximum absolute atomic E-state index is 4.43. The predicted molar refractivity (Wildman–Crippen MR) is 86.6 cm³/mol. The van der Waals surface area contributed by atoms with Crippen LogP contribution in [0, 0.1) is 0 Å². The number of hydrogen-bond donors (Lipinski definition) is 2. The fourth-order valence-electron chi connectivity index (χ4n) is 2.29. The lowest BCUT2D eigenvalue weighted by Gasteiger charge is -2.20. The van der Waals surface area contributed by atoms with E-state index in [1.54, 1.807) is 12.5 Å². The van der Waals surface area contributed by atoms with Crippen molar-refractivity contribution < 1.29 is 0 Å². The molecule has 0 spiro atoms. The zero-order valence-corrected chi connectivity index (χ0v) is 13.1. The van der Waals surface area contributed by atoms with Gasteiger partial charge in [-0.05, 0) is 31.4 Å². The number of aromatic nitrogens is 3. The van der Waals surface area contributed by atoms with E-state index in [1.807, 2.05) is 12.3 Å². The molecule has 2 rings (SSSR count). The van der Waals surface area contributed by atoms with Gasteiger partial charge in [0.1, 0.15) is 18.0 Å². The Kier molecular flexibility index (Phi) is 5.09. The number of nitrogens with zero attached hydrogens (tertiary/aromatic N) is 3. The first-order chi connectivity index (χ1) is 10.1. The third-order valence-electron chi connectivity index (χ3n) is 3.34. The molecule has 0 saturated heterocycles. The smallest absolute Gasteiger partial charge is 0.135 e. The molecule has 21 heavy (non-hydrogen) atoms. The molecule has 5 heteroatoms. The van der Waals surface area contributed by atoms with Gasteiger partial charge < -0.3 is 10.6 Å². The van der Waals surface area contributed by atoms with Gasteiger partial charge in [0.25, 0.3) is 0 Å². The first kappa shape index (κ1) is 15.2. The molecule has 0 aliphatic heterocycles. The molecule has 0 fully saturated rings. The van der Waals surface area contributed by atoms with Crippen molar-refractivity contribution in [2.75, 3.05) is 17.2 Å². The third-order valence-corrected chi connectivity index (χ3v) is 3.34. The Balaban J connectivity index is 2.29. The summed E-state index contributed by atoms with van der Waals surface area (Å²) in [5, 5.41) is 6.78. The summed E-state index contributed by atoms with van der Waals surface area (Å²) in [6.07, 6.45) is 5.25. The SMILES string of the molecule is CCNc1ncnc(NC(C)c2cccnc2)c1C(C)C. The highest BCUT2D eigenvalue weighted by molar-refractivity contribution is 5.59. The second-order valence-electron chi connectivity index (χ2n) is 5.32. The van der Waals surface area contributed by atoms with Crippen molar-refractivity contribution in [1.82, 2.24) is 15.0 Å². The van der Waals surface area contributed by atoms with Crippen LogP contribution in [0.25, 0.3) is 0 Å². The van der Waals surface area contributed by atoms with Gasteiger partial charge in [-0.15, -0.1) is 0 Å². The van der Waals surface area contributed by atoms with Gasteiger partial charge in [-0.25, -0.2) is 9.97 Å². The van der Waals surface area contributed by atoms with E-state index >= 15 is 0 Å². The first-order valence-electron chi connectivity index (χ1n) is 7.38. The Morgan fingerprint density at radius 2 is 1.90 bits per heavy atom. The monoisotopic (exact) mass is 285 g/mol. The van der Waals surface area contributed by atoms with Crippen molar-refractivity contribution in [3.05, 3.63) is 42.0 Å². The lowest BCUT2D eigenvalue weighted by molar-refractivity contribution is 0.816. The van der Waals surface area contributed by atoms with Gasteiger partial charge in [0, 0.05) is 24.5 Å². The Bertz CT molecular complexity index is 568. The summed E-state index contributed by atoms with van der Waals surface area (Å²) in [5.74, 6) is 2.12. The van der Waals surface area contributed by atoms with Gasteiger partial charge in [0.15, 0.2) is 0 Å². The van der Waals surface area contributed by atoms with Crippen molar-refractivity contribution in [2.24, 2.45) is 0 Å². The first-order valence-corrected chi connectivity index (χ1v) is 7.38. The lowest BCUT2D eigenvalue weighted by Crippen LogP contribution is -2.14. The highest BCUT2D eigenvalue weighted by Crippen LogP contribution is 2.30. The number of rotatable bonds is 6. The van der Waals surface area contributed by atoms with E-state index in [4.69, 9.17) is 0 Å². The molecule has 2 heterocycles. The van der Waals surface area contributed by atoms with Crippen molar-refractivity contribution in [3.63, 3.8) is 0 Å². The highest BCUT2D eigenvalue weighted by Gasteiger charge is 2.16. The zero-order chi connectivity index (χ0) is 15.2. The van der Waals surface area contributed by atoms with Gasteiger partial charge in [0.05, 0.1) is 6.04 Å². The molecule has 0 aliphatic rings. The van der Waals surface area contributed by atoms with Gasteiger partial charge in [-0.3, -0.25) is 4.98 Å². The van der Waals surface area contributed by atoms with Crippen LogP contribution in [-0.4, -0.2) is 21.5 Å². The van der Waals surface area contributed by atoms with E-state index in [0.717, 1.165) is 29.3 Å². The van der Waals surface area contributed by atoms with Crippen LogP contribution >= 0.6 is 0 Å². The summed E-state index contributed by atoms with van der Waals surface area (Å²) in [7, 11) is 0. The second-order valence-corrected chi connectivity index (χ2v) is 5.32. The van der Waals surface area contributed by atoms with Crippen molar-refractivity contribution in [2.45, 2.75) is 39.7 Å². The molecule has 0 saturated carbocycles. The molecule has 5 nitrogen and oxygen atoms in total. The number of hydrogen-bond acceptors (Lipinski definition) is 5. The minimum absolute atomic E-state index is 0.139. The fourth-order valence-corrected chi connectivity index (χ4v) is 2.29. The topological polar surface area (TPSA) is 62.7 Å². The van der Waals surface area contributed by atoms with E-state index in [9.17, 15) is 0 Å². The van der Waals surface area contributed by atoms with Crippen LogP contribution in [0.15, 0.2) is 30.9 Å². The molecule has 0 amide bonds. The van der Waals surface area contributed by atoms with E-state index in [-0.39, 0.29) is 6.04 Å². The molecule has 2 aromatic rings. The van der Waals surface area contributed by atoms with Crippen LogP contribution in [-0.2, 0) is 0 Å². The van der Waals surface area contributed by atoms with Crippen LogP contribution in [0.1, 0.15) is 50.8 Å². The largest absolute Gasteiger partial charge is 0.370 e. The minimum Gasteiger partial charge on any atom is -0.370 e. The van der Waals surface area contributed by atoms with E-state index in [0.29, 0.717) is 5.92 Å². The van der Waals surface area contributed by atoms with Gasteiger partial charge in [0.2, 0.25) is 0 Å². The molecule has 0 aromatic carbocycles. The summed E-state index contributed by atoms with van der Waals surface area (Å²) in [5.41, 5.74) is 2.26. The van der Waals surface area contributed by atoms with E-state index < -0.39 is 0 Å². The molecule has 2 aromatic heterocycles. The number of pyridine rings is 1. The molecule has 1 atom stereocenters. The normalized spacial score (nSPS) is 12.2. The van der Waals surface area contributed by atoms with Crippen LogP contribution in [0.3, 0.4) is 0 Å². The van der Waals surface area contributed by atoms with Gasteiger partial charge in [-0.2, -0.15) is 0 Å². The van der Waals surface area contributed by atoms with Crippen molar-refractivity contribution in [1.29, 1.82) is 0 Å². The Hall–Kier alpha value is -2.17. The van der Waals surface area contributed by atoms with Crippen molar-refractivity contribution >= 4 is 11.6 Å². The van der Waals surface area contributed by atoms with Crippen LogP contribution in [0.4, 0.5) is 11.6 Å². The predicted octanol–water partition coefficient (Wildman–Crippen LogP) is 3.60. The number of anilines is 2. The maximum atomic E-state index is 4.43. The standard InChI is InChI=1S/C16H23N5/c1-5-18-15-14(11(2)3)16(20-10-19-15)21-12(4)13-7-6-8-17-9-13/h6-12H,5H2,1-4H3,(H2,18,19,20,21). The fraction of sp³-hybridized carbons (Fsp3) is 0.438. The third kappa shape index (κ3) is 3.68. The number of nitrogens with one attached hydrogen (secondary N) is 2. The van der Waals surface area contributed by atoms with Crippen LogP contribution in [0.5, 0.6) is 0 Å². The summed E-state index contributed by atoms with van der Waals surface area (Å²) < 4.78 is 0. The molecule has 0 radical (unpaired) electrons. The summed E-state index contributed by atoms with van der Waals surface area (Å²) in [6.45, 7) is 9.32. The van der Waals surface area contributed by atoms with Gasteiger partial charge >= 0.3 is 0 Å².